The molecule has 0 saturated carbocycles. The zero-order valence-electron chi connectivity index (χ0n) is 12.3. The van der Waals surface area contributed by atoms with Crippen molar-refractivity contribution >= 4 is 0 Å². The van der Waals surface area contributed by atoms with Gasteiger partial charge >= 0.3 is 0 Å². The molecule has 0 fully saturated rings. The molecule has 0 spiro atoms. The third kappa shape index (κ3) is 3.15. The molecule has 3 rings (SSSR count). The van der Waals surface area contributed by atoms with Crippen LogP contribution in [0.3, 0.4) is 0 Å². The number of ether oxygens (including phenoxy) is 1. The van der Waals surface area contributed by atoms with Crippen LogP contribution in [0.2, 0.25) is 0 Å². The van der Waals surface area contributed by atoms with Crippen LogP contribution in [-0.4, -0.2) is 20.3 Å². The number of aromatic nitrogens is 3. The van der Waals surface area contributed by atoms with E-state index in [1.807, 2.05) is 43.3 Å². The molecular formula is C17H17N3O2. The van der Waals surface area contributed by atoms with Gasteiger partial charge in [0, 0.05) is 11.3 Å². The van der Waals surface area contributed by atoms with Crippen LogP contribution in [0.25, 0.3) is 11.1 Å². The average Bonchev–Trinajstić information content (AvgIpc) is 2.99. The van der Waals surface area contributed by atoms with E-state index in [4.69, 9.17) is 9.84 Å². The maximum Gasteiger partial charge on any atom is 0.130 e. The summed E-state index contributed by atoms with van der Waals surface area (Å²) in [5, 5.41) is 16.1. The van der Waals surface area contributed by atoms with Crippen molar-refractivity contribution in [1.29, 1.82) is 0 Å². The van der Waals surface area contributed by atoms with E-state index >= 15 is 0 Å². The topological polar surface area (TPSA) is 71.0 Å². The Hall–Kier alpha value is -2.66. The van der Waals surface area contributed by atoms with Crippen LogP contribution in [0.15, 0.2) is 48.7 Å². The number of aliphatic hydroxyl groups excluding tert-OH is 1. The van der Waals surface area contributed by atoms with Gasteiger partial charge in [-0.1, -0.05) is 18.2 Å². The minimum Gasteiger partial charge on any atom is -0.487 e. The smallest absolute Gasteiger partial charge is 0.130 e. The van der Waals surface area contributed by atoms with E-state index in [1.54, 1.807) is 12.3 Å². The number of nitrogens with zero attached hydrogens (tertiary/aromatic N) is 2. The predicted octanol–water partition coefficient (Wildman–Crippen LogP) is 2.85. The number of hydrogen-bond donors (Lipinski definition) is 2. The van der Waals surface area contributed by atoms with Crippen molar-refractivity contribution in [2.24, 2.45) is 0 Å². The summed E-state index contributed by atoms with van der Waals surface area (Å²) in [6.45, 7) is 2.28. The first kappa shape index (κ1) is 14.3. The average molecular weight is 295 g/mol. The number of nitrogens with one attached hydrogen (secondary N) is 1. The molecule has 0 aliphatic heterocycles. The minimum absolute atomic E-state index is 0.0664. The van der Waals surface area contributed by atoms with E-state index in [9.17, 15) is 0 Å². The lowest BCUT2D eigenvalue weighted by molar-refractivity contribution is 0.272. The zero-order chi connectivity index (χ0) is 15.4. The number of aromatic amines is 1. The first-order valence-electron chi connectivity index (χ1n) is 7.05. The Morgan fingerprint density at radius 3 is 2.73 bits per heavy atom. The summed E-state index contributed by atoms with van der Waals surface area (Å²) in [6, 6.07) is 13.4. The van der Waals surface area contributed by atoms with Crippen LogP contribution in [0.1, 0.15) is 17.1 Å². The molecule has 0 saturated heterocycles. The van der Waals surface area contributed by atoms with E-state index < -0.39 is 0 Å². The van der Waals surface area contributed by atoms with Crippen molar-refractivity contribution in [3.8, 4) is 16.9 Å². The van der Waals surface area contributed by atoms with E-state index in [2.05, 4.69) is 15.2 Å². The van der Waals surface area contributed by atoms with Crippen molar-refractivity contribution in [3.63, 3.8) is 0 Å². The highest BCUT2D eigenvalue weighted by atomic mass is 16.5. The molecule has 5 heteroatoms. The summed E-state index contributed by atoms with van der Waals surface area (Å²) in [7, 11) is 0. The van der Waals surface area contributed by atoms with Crippen LogP contribution >= 0.6 is 0 Å². The molecule has 0 aliphatic carbocycles. The third-order valence-corrected chi connectivity index (χ3v) is 3.39. The first-order chi connectivity index (χ1) is 10.8. The summed E-state index contributed by atoms with van der Waals surface area (Å²) < 4.78 is 5.80. The number of hydrogen-bond acceptors (Lipinski definition) is 4. The molecule has 2 N–H and O–H groups in total. The van der Waals surface area contributed by atoms with Gasteiger partial charge in [-0.25, -0.2) is 0 Å². The minimum atomic E-state index is -0.0664. The lowest BCUT2D eigenvalue weighted by Gasteiger charge is -2.08. The summed E-state index contributed by atoms with van der Waals surface area (Å²) in [4.78, 5) is 4.30. The van der Waals surface area contributed by atoms with Crippen LogP contribution < -0.4 is 4.74 Å². The Morgan fingerprint density at radius 2 is 1.95 bits per heavy atom. The summed E-state index contributed by atoms with van der Waals surface area (Å²) in [5.74, 6) is 0.773. The molecule has 0 aliphatic rings. The van der Waals surface area contributed by atoms with Gasteiger partial charge in [-0.05, 0) is 36.8 Å². The maximum absolute atomic E-state index is 9.10. The van der Waals surface area contributed by atoms with Gasteiger partial charge in [0.05, 0.1) is 24.2 Å². The largest absolute Gasteiger partial charge is 0.487 e. The summed E-state index contributed by atoms with van der Waals surface area (Å²) in [6.07, 6.45) is 1.81. The van der Waals surface area contributed by atoms with Gasteiger partial charge in [-0.15, -0.1) is 0 Å². The third-order valence-electron chi connectivity index (χ3n) is 3.39. The highest BCUT2D eigenvalue weighted by molar-refractivity contribution is 5.66. The number of aryl methyl sites for hydroxylation is 1. The molecule has 0 atom stereocenters. The molecule has 3 aromatic rings. The molecule has 5 nitrogen and oxygen atoms in total. The van der Waals surface area contributed by atoms with Crippen LogP contribution in [-0.2, 0) is 13.2 Å². The second-order valence-electron chi connectivity index (χ2n) is 5.00. The summed E-state index contributed by atoms with van der Waals surface area (Å²) in [5.41, 5.74) is 4.57. The molecule has 0 radical (unpaired) electrons. The Kier molecular flexibility index (Phi) is 4.16. The van der Waals surface area contributed by atoms with Gasteiger partial charge in [-0.3, -0.25) is 10.1 Å². The lowest BCUT2D eigenvalue weighted by atomic mass is 10.1. The number of pyridine rings is 1. The number of H-pyrrole nitrogens is 1. The number of rotatable bonds is 5. The van der Waals surface area contributed by atoms with Crippen LogP contribution in [0, 0.1) is 6.92 Å². The molecule has 0 amide bonds. The Balaban J connectivity index is 1.74. The van der Waals surface area contributed by atoms with E-state index in [-0.39, 0.29) is 6.61 Å². The van der Waals surface area contributed by atoms with E-state index in [0.29, 0.717) is 12.3 Å². The second kappa shape index (κ2) is 6.41. The zero-order valence-corrected chi connectivity index (χ0v) is 12.3. The van der Waals surface area contributed by atoms with Gasteiger partial charge in [0.1, 0.15) is 12.4 Å². The number of aliphatic hydroxyl groups is 1. The fraction of sp³-hybridized carbons (Fsp3) is 0.176. The predicted molar refractivity (Wildman–Crippen MR) is 83.3 cm³/mol. The Labute approximate surface area is 128 Å². The van der Waals surface area contributed by atoms with Crippen molar-refractivity contribution in [1.82, 2.24) is 15.2 Å². The van der Waals surface area contributed by atoms with Crippen molar-refractivity contribution in [3.05, 3.63) is 65.7 Å². The summed E-state index contributed by atoms with van der Waals surface area (Å²) >= 11 is 0. The van der Waals surface area contributed by atoms with E-state index in [1.165, 1.54) is 0 Å². The normalized spacial score (nSPS) is 10.6. The maximum atomic E-state index is 9.10. The molecular weight excluding hydrogens is 278 g/mol. The van der Waals surface area contributed by atoms with E-state index in [0.717, 1.165) is 28.3 Å². The monoisotopic (exact) mass is 295 g/mol. The molecule has 112 valence electrons. The van der Waals surface area contributed by atoms with Gasteiger partial charge in [0.25, 0.3) is 0 Å². The molecule has 2 aromatic heterocycles. The van der Waals surface area contributed by atoms with Crippen LogP contribution in [0.5, 0.6) is 5.75 Å². The van der Waals surface area contributed by atoms with Crippen LogP contribution in [0.4, 0.5) is 0 Å². The highest BCUT2D eigenvalue weighted by Gasteiger charge is 2.05. The SMILES string of the molecule is Cc1[nH]ncc1-c1cccc(OCc2cccc(CO)n2)c1. The Morgan fingerprint density at radius 1 is 1.14 bits per heavy atom. The standard InChI is InChI=1S/C17H17N3O2/c1-12-17(9-18-20-12)13-4-2-7-16(8-13)22-11-15-6-3-5-14(10-21)19-15/h2-9,21H,10-11H2,1H3,(H,18,20). The fourth-order valence-corrected chi connectivity index (χ4v) is 2.25. The van der Waals surface area contributed by atoms with Gasteiger partial charge in [0.2, 0.25) is 0 Å². The molecule has 0 unspecified atom stereocenters. The highest BCUT2D eigenvalue weighted by Crippen LogP contribution is 2.25. The molecule has 2 heterocycles. The van der Waals surface area contributed by atoms with Crippen molar-refractivity contribution < 1.29 is 9.84 Å². The number of benzene rings is 1. The van der Waals surface area contributed by atoms with Crippen molar-refractivity contribution in [2.45, 2.75) is 20.1 Å². The molecule has 0 bridgehead atoms. The van der Waals surface area contributed by atoms with Gasteiger partial charge in [-0.2, -0.15) is 5.10 Å². The van der Waals surface area contributed by atoms with Gasteiger partial charge in [0.15, 0.2) is 0 Å². The quantitative estimate of drug-likeness (QED) is 0.759. The Bertz CT molecular complexity index is 768. The lowest BCUT2D eigenvalue weighted by Crippen LogP contribution is -2.00. The second-order valence-corrected chi connectivity index (χ2v) is 5.00. The van der Waals surface area contributed by atoms with Crippen molar-refractivity contribution in [2.75, 3.05) is 0 Å². The van der Waals surface area contributed by atoms with Gasteiger partial charge < -0.3 is 9.84 Å². The molecule has 1 aromatic carbocycles. The fourth-order valence-electron chi connectivity index (χ4n) is 2.25. The first-order valence-corrected chi connectivity index (χ1v) is 7.05. The molecule has 22 heavy (non-hydrogen) atoms.